The molecular weight excluding hydrogens is 608 g/mol. The molecule has 256 valence electrons. The zero-order valence-electron chi connectivity index (χ0n) is 28.8. The molecule has 5 rings (SSSR count). The van der Waals surface area contributed by atoms with Crippen LogP contribution >= 0.6 is 0 Å². The van der Waals surface area contributed by atoms with E-state index >= 15 is 0 Å². The van der Waals surface area contributed by atoms with Crippen LogP contribution in [0.4, 0.5) is 4.79 Å². The highest BCUT2D eigenvalue weighted by Gasteiger charge is 2.36. The van der Waals surface area contributed by atoms with Crippen LogP contribution in [0.3, 0.4) is 0 Å². The summed E-state index contributed by atoms with van der Waals surface area (Å²) >= 11 is 0. The number of alkyl carbamates (subject to hydrolysis) is 1. The number of nitrogens with one attached hydrogen (secondary N) is 3. The van der Waals surface area contributed by atoms with Crippen LogP contribution in [0, 0.1) is 17.8 Å². The maximum Gasteiger partial charge on any atom is 0.407 e. The van der Waals surface area contributed by atoms with Gasteiger partial charge in [-0.15, -0.1) is 0 Å². The van der Waals surface area contributed by atoms with Crippen molar-refractivity contribution in [2.45, 2.75) is 72.0 Å². The van der Waals surface area contributed by atoms with E-state index < -0.39 is 12.1 Å². The molecule has 48 heavy (non-hydrogen) atoms. The van der Waals surface area contributed by atoms with Crippen molar-refractivity contribution in [2.24, 2.45) is 17.8 Å². The van der Waals surface area contributed by atoms with Gasteiger partial charge < -0.3 is 30.2 Å². The number of carbonyl (C=O) groups excluding carboxylic acids is 4. The van der Waals surface area contributed by atoms with Crippen LogP contribution in [0.2, 0.25) is 0 Å². The Hall–Kier alpha value is -4.67. The molecule has 2 fully saturated rings. The van der Waals surface area contributed by atoms with Crippen LogP contribution < -0.4 is 10.6 Å². The van der Waals surface area contributed by atoms with Crippen molar-refractivity contribution in [2.75, 3.05) is 26.7 Å². The van der Waals surface area contributed by atoms with Crippen LogP contribution in [-0.2, 0) is 14.3 Å². The Morgan fingerprint density at radius 1 is 0.854 bits per heavy atom. The molecule has 1 aromatic heterocycles. The first-order valence-electron chi connectivity index (χ1n) is 17.0. The lowest BCUT2D eigenvalue weighted by Crippen LogP contribution is -2.51. The van der Waals surface area contributed by atoms with Crippen molar-refractivity contribution in [1.29, 1.82) is 0 Å². The standard InChI is InChI=1S/C37H48N6O5/c1-22(2)24(5)35(45)43-18-7-8-31(43)33-38-20-30(40-33)27-13-9-25(10-14-27)26-11-15-28(16-12-26)34(44)39-29-17-19-42(21-29)36(46)32(23(3)4)41-37(47)48-6/h9-16,20,22-24,29,31-32H,7-8,17-19,21H2,1-6H3,(H,38,40)(H,39,44)(H,41,47)/t24-,29-,31-,32-/m0/s1. The number of hydrogen-bond acceptors (Lipinski definition) is 6. The first kappa shape index (κ1) is 34.7. The molecule has 2 saturated heterocycles. The number of H-pyrrole nitrogens is 1. The Morgan fingerprint density at radius 3 is 2.12 bits per heavy atom. The van der Waals surface area contributed by atoms with Gasteiger partial charge in [-0.1, -0.05) is 71.0 Å². The normalized spacial score (nSPS) is 19.0. The third-order valence-corrected chi connectivity index (χ3v) is 9.74. The van der Waals surface area contributed by atoms with E-state index in [1.165, 1.54) is 7.11 Å². The fourth-order valence-electron chi connectivity index (χ4n) is 6.41. The number of likely N-dealkylation sites (tertiary alicyclic amines) is 2. The summed E-state index contributed by atoms with van der Waals surface area (Å²) in [6, 6.07) is 14.8. The predicted octanol–water partition coefficient (Wildman–Crippen LogP) is 5.41. The first-order chi connectivity index (χ1) is 23.0. The molecule has 3 aromatic rings. The van der Waals surface area contributed by atoms with Gasteiger partial charge in [0.2, 0.25) is 11.8 Å². The van der Waals surface area contributed by atoms with Crippen LogP contribution in [0.1, 0.15) is 76.1 Å². The maximum absolute atomic E-state index is 13.1. The van der Waals surface area contributed by atoms with Crippen molar-refractivity contribution >= 4 is 23.8 Å². The minimum absolute atomic E-state index is 0.0200. The smallest absolute Gasteiger partial charge is 0.407 e. The third-order valence-electron chi connectivity index (χ3n) is 9.74. The molecule has 11 heteroatoms. The summed E-state index contributed by atoms with van der Waals surface area (Å²) in [5.74, 6) is 0.817. The summed E-state index contributed by atoms with van der Waals surface area (Å²) in [7, 11) is 1.27. The van der Waals surface area contributed by atoms with Crippen LogP contribution in [0.5, 0.6) is 0 Å². The number of aromatic amines is 1. The lowest BCUT2D eigenvalue weighted by atomic mass is 9.96. The third kappa shape index (κ3) is 7.72. The number of amides is 4. The maximum atomic E-state index is 13.1. The van der Waals surface area contributed by atoms with Crippen LogP contribution in [0.15, 0.2) is 54.7 Å². The number of hydrogen-bond donors (Lipinski definition) is 3. The molecule has 4 amide bonds. The van der Waals surface area contributed by atoms with E-state index in [4.69, 9.17) is 0 Å². The zero-order chi connectivity index (χ0) is 34.5. The Labute approximate surface area is 282 Å². The molecule has 0 unspecified atom stereocenters. The monoisotopic (exact) mass is 656 g/mol. The predicted molar refractivity (Wildman–Crippen MR) is 184 cm³/mol. The van der Waals surface area contributed by atoms with E-state index in [2.05, 4.69) is 39.2 Å². The molecule has 3 heterocycles. The van der Waals surface area contributed by atoms with Crippen LogP contribution in [0.25, 0.3) is 22.4 Å². The first-order valence-corrected chi connectivity index (χ1v) is 17.0. The Bertz CT molecular complexity index is 1600. The Morgan fingerprint density at radius 2 is 1.50 bits per heavy atom. The second kappa shape index (κ2) is 15.0. The summed E-state index contributed by atoms with van der Waals surface area (Å²) in [6.07, 6.45) is 3.71. The molecule has 0 saturated carbocycles. The number of aromatic nitrogens is 2. The molecule has 0 aliphatic carbocycles. The van der Waals surface area contributed by atoms with Gasteiger partial charge in [-0.25, -0.2) is 9.78 Å². The minimum atomic E-state index is -0.691. The largest absolute Gasteiger partial charge is 0.453 e. The Kier molecular flexibility index (Phi) is 10.9. The number of benzene rings is 2. The topological polar surface area (TPSA) is 137 Å². The van der Waals surface area contributed by atoms with Gasteiger partial charge >= 0.3 is 6.09 Å². The molecule has 0 spiro atoms. The minimum Gasteiger partial charge on any atom is -0.453 e. The van der Waals surface area contributed by atoms with Crippen molar-refractivity contribution in [1.82, 2.24) is 30.4 Å². The van der Waals surface area contributed by atoms with Gasteiger partial charge in [-0.05, 0) is 59.9 Å². The van der Waals surface area contributed by atoms with Crippen molar-refractivity contribution < 1.29 is 23.9 Å². The number of rotatable bonds is 10. The van der Waals surface area contributed by atoms with Gasteiger partial charge in [0.05, 0.1) is 25.0 Å². The molecule has 2 aliphatic heterocycles. The highest BCUT2D eigenvalue weighted by atomic mass is 16.5. The molecule has 2 aliphatic rings. The van der Waals surface area contributed by atoms with Gasteiger partial charge in [0.1, 0.15) is 11.9 Å². The SMILES string of the molecule is COC(=O)N[C@H](C(=O)N1CC[C@H](NC(=O)c2ccc(-c3ccc(-c4cnc([C@@H]5CCCN5C(=O)[C@@H](C)C(C)C)[nH]4)cc3)cc2)C1)C(C)C. The fraction of sp³-hybridized carbons (Fsp3) is 0.486. The van der Waals surface area contributed by atoms with E-state index in [0.717, 1.165) is 47.6 Å². The highest BCUT2D eigenvalue weighted by molar-refractivity contribution is 5.95. The average molecular weight is 657 g/mol. The van der Waals surface area contributed by atoms with E-state index in [0.29, 0.717) is 31.0 Å². The van der Waals surface area contributed by atoms with Gasteiger partial charge in [0.25, 0.3) is 5.91 Å². The molecule has 11 nitrogen and oxygen atoms in total. The van der Waals surface area contributed by atoms with Crippen LogP contribution in [-0.4, -0.2) is 82.4 Å². The zero-order valence-corrected chi connectivity index (χ0v) is 28.8. The van der Waals surface area contributed by atoms with Crippen molar-refractivity contribution in [3.05, 3.63) is 66.1 Å². The summed E-state index contributed by atoms with van der Waals surface area (Å²) < 4.78 is 4.67. The molecular formula is C37H48N6O5. The van der Waals surface area contributed by atoms with E-state index in [1.807, 2.05) is 80.4 Å². The van der Waals surface area contributed by atoms with E-state index in [9.17, 15) is 19.2 Å². The summed E-state index contributed by atoms with van der Waals surface area (Å²) in [4.78, 5) is 62.7. The molecule has 3 N–H and O–H groups in total. The quantitative estimate of drug-likeness (QED) is 0.267. The summed E-state index contributed by atoms with van der Waals surface area (Å²) in [5, 5.41) is 5.67. The number of ether oxygens (including phenoxy) is 1. The number of nitrogens with zero attached hydrogens (tertiary/aromatic N) is 3. The average Bonchev–Trinajstić information content (AvgIpc) is 3.87. The molecule has 4 atom stereocenters. The number of carbonyl (C=O) groups is 4. The van der Waals surface area contributed by atoms with E-state index in [-0.39, 0.29) is 41.6 Å². The Balaban J connectivity index is 1.17. The van der Waals surface area contributed by atoms with Crippen molar-refractivity contribution in [3.63, 3.8) is 0 Å². The van der Waals surface area contributed by atoms with E-state index in [1.54, 1.807) is 4.90 Å². The lowest BCUT2D eigenvalue weighted by Gasteiger charge is -2.27. The highest BCUT2D eigenvalue weighted by Crippen LogP contribution is 2.34. The summed E-state index contributed by atoms with van der Waals surface area (Å²) in [5.41, 5.74) is 4.46. The molecule has 0 bridgehead atoms. The number of methoxy groups -OCH3 is 1. The van der Waals surface area contributed by atoms with Gasteiger partial charge in [0, 0.05) is 37.2 Å². The number of imidazole rings is 1. The van der Waals surface area contributed by atoms with Crippen molar-refractivity contribution in [3.8, 4) is 22.4 Å². The second-order valence-corrected chi connectivity index (χ2v) is 13.7. The lowest BCUT2D eigenvalue weighted by molar-refractivity contribution is -0.137. The molecule has 0 radical (unpaired) electrons. The van der Waals surface area contributed by atoms with Gasteiger partial charge in [-0.2, -0.15) is 0 Å². The molecule has 2 aromatic carbocycles. The summed E-state index contributed by atoms with van der Waals surface area (Å²) in [6.45, 7) is 11.6. The van der Waals surface area contributed by atoms with Gasteiger partial charge in [0.15, 0.2) is 0 Å². The van der Waals surface area contributed by atoms with Gasteiger partial charge in [-0.3, -0.25) is 14.4 Å². The fourth-order valence-corrected chi connectivity index (χ4v) is 6.41. The second-order valence-electron chi connectivity index (χ2n) is 13.7.